The van der Waals surface area contributed by atoms with Crippen LogP contribution in [0, 0.1) is 13.8 Å². The Bertz CT molecular complexity index is 413. The summed E-state index contributed by atoms with van der Waals surface area (Å²) in [6.07, 6.45) is 3.99. The van der Waals surface area contributed by atoms with Crippen molar-refractivity contribution < 1.29 is 9.90 Å². The van der Waals surface area contributed by atoms with Crippen LogP contribution in [0.4, 0.5) is 5.69 Å². The summed E-state index contributed by atoms with van der Waals surface area (Å²) < 4.78 is 0. The van der Waals surface area contributed by atoms with E-state index in [4.69, 9.17) is 5.11 Å². The van der Waals surface area contributed by atoms with E-state index in [2.05, 4.69) is 4.98 Å². The van der Waals surface area contributed by atoms with Crippen molar-refractivity contribution in [3.8, 4) is 0 Å². The second-order valence-electron chi connectivity index (χ2n) is 4.36. The predicted octanol–water partition coefficient (Wildman–Crippen LogP) is 1.75. The number of rotatable bonds is 4. The number of aliphatic carboxylic acids is 1. The molecule has 1 fully saturated rings. The molecule has 0 saturated heterocycles. The molecule has 2 rings (SSSR count). The maximum absolute atomic E-state index is 10.9. The zero-order valence-electron chi connectivity index (χ0n) is 9.60. The van der Waals surface area contributed by atoms with Gasteiger partial charge >= 0.3 is 5.97 Å². The van der Waals surface area contributed by atoms with Crippen LogP contribution in [-0.2, 0) is 4.79 Å². The summed E-state index contributed by atoms with van der Waals surface area (Å²) in [4.78, 5) is 17.0. The molecule has 1 heterocycles. The minimum atomic E-state index is -0.777. The minimum Gasteiger partial charge on any atom is -0.480 e. The number of carboxylic acids is 1. The summed E-state index contributed by atoms with van der Waals surface area (Å²) in [6, 6.07) is 2.37. The molecule has 0 aromatic carbocycles. The smallest absolute Gasteiger partial charge is 0.323 e. The van der Waals surface area contributed by atoms with Crippen molar-refractivity contribution in [1.82, 2.24) is 4.98 Å². The van der Waals surface area contributed by atoms with Crippen molar-refractivity contribution in [3.63, 3.8) is 0 Å². The van der Waals surface area contributed by atoms with Crippen molar-refractivity contribution in [2.45, 2.75) is 32.7 Å². The number of hydrogen-bond acceptors (Lipinski definition) is 3. The van der Waals surface area contributed by atoms with E-state index in [1.54, 1.807) is 0 Å². The monoisotopic (exact) mass is 220 g/mol. The Kier molecular flexibility index (Phi) is 2.81. The molecule has 1 aliphatic carbocycles. The molecule has 0 amide bonds. The SMILES string of the molecule is Cc1cc(N(CC(=O)O)C2CC2)c(C)cn1. The Balaban J connectivity index is 2.30. The Morgan fingerprint density at radius 3 is 2.81 bits per heavy atom. The highest BCUT2D eigenvalue weighted by Crippen LogP contribution is 2.33. The van der Waals surface area contributed by atoms with Gasteiger partial charge in [0.1, 0.15) is 6.54 Å². The summed E-state index contributed by atoms with van der Waals surface area (Å²) in [5.41, 5.74) is 2.98. The van der Waals surface area contributed by atoms with E-state index in [1.165, 1.54) is 0 Å². The van der Waals surface area contributed by atoms with Crippen molar-refractivity contribution in [2.24, 2.45) is 0 Å². The third-order valence-electron chi connectivity index (χ3n) is 2.81. The lowest BCUT2D eigenvalue weighted by Gasteiger charge is -2.24. The minimum absolute atomic E-state index is 0.0783. The van der Waals surface area contributed by atoms with Gasteiger partial charge in [-0.05, 0) is 38.3 Å². The van der Waals surface area contributed by atoms with Crippen molar-refractivity contribution in [3.05, 3.63) is 23.5 Å². The van der Waals surface area contributed by atoms with E-state index in [0.29, 0.717) is 6.04 Å². The van der Waals surface area contributed by atoms with Crippen LogP contribution in [0.5, 0.6) is 0 Å². The Hall–Kier alpha value is -1.58. The second-order valence-corrected chi connectivity index (χ2v) is 4.36. The standard InChI is InChI=1S/C12H16N2O2/c1-8-6-13-9(2)5-11(8)14(7-12(15)16)10-3-4-10/h5-6,10H,3-4,7H2,1-2H3,(H,15,16). The predicted molar refractivity (Wildman–Crippen MR) is 61.7 cm³/mol. The fourth-order valence-corrected chi connectivity index (χ4v) is 1.87. The fourth-order valence-electron chi connectivity index (χ4n) is 1.87. The lowest BCUT2D eigenvalue weighted by Crippen LogP contribution is -2.32. The van der Waals surface area contributed by atoms with Gasteiger partial charge in [0.05, 0.1) is 0 Å². The molecule has 1 N–H and O–H groups in total. The fraction of sp³-hybridized carbons (Fsp3) is 0.500. The highest BCUT2D eigenvalue weighted by atomic mass is 16.4. The van der Waals surface area contributed by atoms with E-state index in [1.807, 2.05) is 31.0 Å². The first-order chi connectivity index (χ1) is 7.58. The number of carbonyl (C=O) groups is 1. The van der Waals surface area contributed by atoms with Gasteiger partial charge in [-0.25, -0.2) is 0 Å². The van der Waals surface area contributed by atoms with Crippen LogP contribution in [0.1, 0.15) is 24.1 Å². The summed E-state index contributed by atoms with van der Waals surface area (Å²) in [6.45, 7) is 3.97. The van der Waals surface area contributed by atoms with Crippen LogP contribution in [0.15, 0.2) is 12.3 Å². The molecule has 1 aromatic rings. The van der Waals surface area contributed by atoms with Crippen LogP contribution in [-0.4, -0.2) is 28.6 Å². The van der Waals surface area contributed by atoms with Crippen LogP contribution < -0.4 is 4.90 Å². The molecular formula is C12H16N2O2. The number of pyridine rings is 1. The number of aromatic nitrogens is 1. The highest BCUT2D eigenvalue weighted by Gasteiger charge is 2.31. The molecule has 0 unspecified atom stereocenters. The average Bonchev–Trinajstić information content (AvgIpc) is 3.02. The molecule has 4 heteroatoms. The van der Waals surface area contributed by atoms with Crippen LogP contribution in [0.25, 0.3) is 0 Å². The van der Waals surface area contributed by atoms with Crippen LogP contribution in [0.3, 0.4) is 0 Å². The van der Waals surface area contributed by atoms with E-state index in [9.17, 15) is 4.79 Å². The lowest BCUT2D eigenvalue weighted by atomic mass is 10.2. The first kappa shape index (κ1) is 10.9. The van der Waals surface area contributed by atoms with Crippen molar-refractivity contribution in [2.75, 3.05) is 11.4 Å². The largest absolute Gasteiger partial charge is 0.480 e. The number of anilines is 1. The van der Waals surface area contributed by atoms with Gasteiger partial charge in [0, 0.05) is 23.6 Å². The lowest BCUT2D eigenvalue weighted by molar-refractivity contribution is -0.135. The Labute approximate surface area is 94.9 Å². The molecule has 16 heavy (non-hydrogen) atoms. The molecule has 0 radical (unpaired) electrons. The van der Waals surface area contributed by atoms with E-state index in [0.717, 1.165) is 29.8 Å². The molecule has 86 valence electrons. The zero-order valence-corrected chi connectivity index (χ0v) is 9.60. The zero-order chi connectivity index (χ0) is 11.7. The Morgan fingerprint density at radius 2 is 2.25 bits per heavy atom. The molecule has 0 aliphatic heterocycles. The maximum atomic E-state index is 10.9. The molecular weight excluding hydrogens is 204 g/mol. The highest BCUT2D eigenvalue weighted by molar-refractivity contribution is 5.75. The number of hydrogen-bond donors (Lipinski definition) is 1. The average molecular weight is 220 g/mol. The van der Waals surface area contributed by atoms with Gasteiger partial charge in [0.2, 0.25) is 0 Å². The van der Waals surface area contributed by atoms with Gasteiger partial charge < -0.3 is 10.0 Å². The van der Waals surface area contributed by atoms with Gasteiger partial charge in [-0.1, -0.05) is 0 Å². The molecule has 0 atom stereocenters. The van der Waals surface area contributed by atoms with Crippen molar-refractivity contribution >= 4 is 11.7 Å². The second kappa shape index (κ2) is 4.12. The molecule has 1 aromatic heterocycles. The van der Waals surface area contributed by atoms with E-state index >= 15 is 0 Å². The van der Waals surface area contributed by atoms with Gasteiger partial charge in [-0.3, -0.25) is 9.78 Å². The van der Waals surface area contributed by atoms with Gasteiger partial charge in [0.25, 0.3) is 0 Å². The third kappa shape index (κ3) is 2.32. The maximum Gasteiger partial charge on any atom is 0.323 e. The van der Waals surface area contributed by atoms with Crippen LogP contribution in [0.2, 0.25) is 0 Å². The molecule has 1 aliphatic rings. The first-order valence-corrected chi connectivity index (χ1v) is 5.49. The normalized spacial score (nSPS) is 14.9. The van der Waals surface area contributed by atoms with E-state index < -0.39 is 5.97 Å². The number of carboxylic acid groups (broad SMARTS) is 1. The Morgan fingerprint density at radius 1 is 1.56 bits per heavy atom. The van der Waals surface area contributed by atoms with Gasteiger partial charge in [0.15, 0.2) is 0 Å². The summed E-state index contributed by atoms with van der Waals surface area (Å²) in [7, 11) is 0. The summed E-state index contributed by atoms with van der Waals surface area (Å²) >= 11 is 0. The summed E-state index contributed by atoms with van der Waals surface area (Å²) in [5.74, 6) is -0.777. The van der Waals surface area contributed by atoms with Gasteiger partial charge in [-0.15, -0.1) is 0 Å². The van der Waals surface area contributed by atoms with Gasteiger partial charge in [-0.2, -0.15) is 0 Å². The van der Waals surface area contributed by atoms with Crippen LogP contribution >= 0.6 is 0 Å². The van der Waals surface area contributed by atoms with E-state index in [-0.39, 0.29) is 6.54 Å². The summed E-state index contributed by atoms with van der Waals surface area (Å²) in [5, 5.41) is 8.92. The molecule has 4 nitrogen and oxygen atoms in total. The molecule has 1 saturated carbocycles. The number of nitrogens with zero attached hydrogens (tertiary/aromatic N) is 2. The molecule has 0 spiro atoms. The third-order valence-corrected chi connectivity index (χ3v) is 2.81. The quantitative estimate of drug-likeness (QED) is 0.840. The number of aryl methyl sites for hydroxylation is 2. The topological polar surface area (TPSA) is 53.4 Å². The first-order valence-electron chi connectivity index (χ1n) is 5.49. The van der Waals surface area contributed by atoms with Crippen molar-refractivity contribution in [1.29, 1.82) is 0 Å². The molecule has 0 bridgehead atoms.